The number of benzene rings is 2. The summed E-state index contributed by atoms with van der Waals surface area (Å²) < 4.78 is 44.8. The molecule has 0 aliphatic heterocycles. The second-order valence-corrected chi connectivity index (χ2v) is 7.23. The first kappa shape index (κ1) is 19.2. The normalized spacial score (nSPS) is 11.2. The quantitative estimate of drug-likeness (QED) is 0.714. The summed E-state index contributed by atoms with van der Waals surface area (Å²) in [6.07, 6.45) is 0. The minimum Gasteiger partial charge on any atom is -0.492 e. The summed E-state index contributed by atoms with van der Waals surface area (Å²) in [7, 11) is -2.54. The molecule has 2 aromatic carbocycles. The lowest BCUT2D eigenvalue weighted by Gasteiger charge is -2.10. The number of carbonyl (C=O) groups is 1. The molecule has 0 aliphatic rings. The Balaban J connectivity index is 1.97. The second-order valence-electron chi connectivity index (χ2n) is 4.91. The van der Waals surface area contributed by atoms with Crippen molar-refractivity contribution in [2.75, 3.05) is 20.2 Å². The molecule has 2 aromatic rings. The van der Waals surface area contributed by atoms with E-state index in [-0.39, 0.29) is 23.6 Å². The van der Waals surface area contributed by atoms with Crippen molar-refractivity contribution in [3.63, 3.8) is 0 Å². The van der Waals surface area contributed by atoms with E-state index in [1.165, 1.54) is 7.05 Å². The molecule has 0 saturated carbocycles. The molecule has 9 heteroatoms. The summed E-state index contributed by atoms with van der Waals surface area (Å²) in [5.74, 6) is -1.02. The van der Waals surface area contributed by atoms with E-state index in [0.717, 1.165) is 18.2 Å². The van der Waals surface area contributed by atoms with Gasteiger partial charge in [-0.25, -0.2) is 17.5 Å². The lowest BCUT2D eigenvalue weighted by atomic mass is 10.2. The first-order valence-electron chi connectivity index (χ1n) is 7.23. The fraction of sp³-hybridized carbons (Fsp3) is 0.188. The van der Waals surface area contributed by atoms with Crippen molar-refractivity contribution in [1.29, 1.82) is 0 Å². The average molecular weight is 387 g/mol. The van der Waals surface area contributed by atoms with Crippen molar-refractivity contribution in [2.45, 2.75) is 4.90 Å². The van der Waals surface area contributed by atoms with Crippen LogP contribution in [-0.2, 0) is 10.0 Å². The molecule has 0 atom stereocenters. The number of nitrogens with one attached hydrogen (secondary N) is 2. The van der Waals surface area contributed by atoms with Crippen molar-refractivity contribution in [3.8, 4) is 5.75 Å². The van der Waals surface area contributed by atoms with Gasteiger partial charge in [0.05, 0.1) is 17.0 Å². The summed E-state index contributed by atoms with van der Waals surface area (Å²) in [5, 5.41) is 2.99. The van der Waals surface area contributed by atoms with Crippen molar-refractivity contribution in [3.05, 3.63) is 58.9 Å². The molecule has 0 radical (unpaired) electrons. The van der Waals surface area contributed by atoms with E-state index >= 15 is 0 Å². The maximum atomic E-state index is 13.8. The molecule has 0 unspecified atom stereocenters. The zero-order valence-corrected chi connectivity index (χ0v) is 14.8. The highest BCUT2D eigenvalue weighted by molar-refractivity contribution is 7.89. The van der Waals surface area contributed by atoms with Crippen LogP contribution in [0.1, 0.15) is 10.4 Å². The van der Waals surface area contributed by atoms with Gasteiger partial charge in [0, 0.05) is 5.02 Å². The summed E-state index contributed by atoms with van der Waals surface area (Å²) in [5.41, 5.74) is -0.362. The Bertz CT molecular complexity index is 874. The number of carbonyl (C=O) groups excluding carboxylic acids is 1. The molecule has 134 valence electrons. The summed E-state index contributed by atoms with van der Waals surface area (Å²) in [6, 6.07) is 9.75. The molecule has 0 saturated heterocycles. The van der Waals surface area contributed by atoms with Crippen molar-refractivity contribution >= 4 is 27.5 Å². The van der Waals surface area contributed by atoms with Crippen LogP contribution < -0.4 is 14.8 Å². The molecule has 0 bridgehead atoms. The third kappa shape index (κ3) is 5.15. The Labute approximate surface area is 150 Å². The van der Waals surface area contributed by atoms with Crippen LogP contribution in [-0.4, -0.2) is 34.5 Å². The maximum absolute atomic E-state index is 13.8. The van der Waals surface area contributed by atoms with E-state index in [1.807, 2.05) is 0 Å². The lowest BCUT2D eigenvalue weighted by Crippen LogP contribution is -2.29. The standard InChI is InChI=1S/C16H16ClFN2O4S/c1-19-25(22,23)13-5-6-15(18)14(10-13)16(21)20-7-8-24-12-4-2-3-11(17)9-12/h2-6,9-10,19H,7-8H2,1H3,(H,20,21). The summed E-state index contributed by atoms with van der Waals surface area (Å²) in [4.78, 5) is 11.9. The van der Waals surface area contributed by atoms with Gasteiger partial charge in [-0.1, -0.05) is 17.7 Å². The van der Waals surface area contributed by atoms with Crippen LogP contribution in [0.3, 0.4) is 0 Å². The monoisotopic (exact) mass is 386 g/mol. The molecule has 6 nitrogen and oxygen atoms in total. The highest BCUT2D eigenvalue weighted by Crippen LogP contribution is 2.17. The molecule has 0 aliphatic carbocycles. The predicted octanol–water partition coefficient (Wildman–Crippen LogP) is 2.20. The van der Waals surface area contributed by atoms with Crippen molar-refractivity contribution < 1.29 is 22.3 Å². The first-order chi connectivity index (χ1) is 11.8. The van der Waals surface area contributed by atoms with Gasteiger partial charge in [-0.2, -0.15) is 0 Å². The second kappa shape index (κ2) is 8.28. The summed E-state index contributed by atoms with van der Waals surface area (Å²) >= 11 is 5.82. The molecular formula is C16H16ClFN2O4S. The highest BCUT2D eigenvalue weighted by atomic mass is 35.5. The third-order valence-electron chi connectivity index (χ3n) is 3.21. The van der Waals surface area contributed by atoms with Gasteiger partial charge in [0.1, 0.15) is 18.2 Å². The Kier molecular flexibility index (Phi) is 6.35. The number of hydrogen-bond donors (Lipinski definition) is 2. The van der Waals surface area contributed by atoms with E-state index in [2.05, 4.69) is 10.0 Å². The molecule has 0 spiro atoms. The smallest absolute Gasteiger partial charge is 0.254 e. The Morgan fingerprint density at radius 3 is 2.68 bits per heavy atom. The topological polar surface area (TPSA) is 84.5 Å². The van der Waals surface area contributed by atoms with Gasteiger partial charge < -0.3 is 10.1 Å². The Morgan fingerprint density at radius 1 is 1.24 bits per heavy atom. The van der Waals surface area contributed by atoms with Crippen molar-refractivity contribution in [2.24, 2.45) is 0 Å². The average Bonchev–Trinajstić information content (AvgIpc) is 2.59. The van der Waals surface area contributed by atoms with Gasteiger partial charge in [0.15, 0.2) is 0 Å². The van der Waals surface area contributed by atoms with E-state index in [1.54, 1.807) is 24.3 Å². The number of halogens is 2. The van der Waals surface area contributed by atoms with E-state index in [4.69, 9.17) is 16.3 Å². The van der Waals surface area contributed by atoms with Crippen molar-refractivity contribution in [1.82, 2.24) is 10.0 Å². The fourth-order valence-corrected chi connectivity index (χ4v) is 2.89. The SMILES string of the molecule is CNS(=O)(=O)c1ccc(F)c(C(=O)NCCOc2cccc(Cl)c2)c1. The number of sulfonamides is 1. The number of amides is 1. The van der Waals surface area contributed by atoms with Crippen LogP contribution in [0.4, 0.5) is 4.39 Å². The van der Waals surface area contributed by atoms with E-state index in [0.29, 0.717) is 10.8 Å². The summed E-state index contributed by atoms with van der Waals surface area (Å²) in [6.45, 7) is 0.246. The fourth-order valence-electron chi connectivity index (χ4n) is 1.95. The largest absolute Gasteiger partial charge is 0.492 e. The highest BCUT2D eigenvalue weighted by Gasteiger charge is 2.18. The molecule has 2 N–H and O–H groups in total. The maximum Gasteiger partial charge on any atom is 0.254 e. The van der Waals surface area contributed by atoms with Gasteiger partial charge in [0.2, 0.25) is 10.0 Å². The molecule has 0 aromatic heterocycles. The van der Waals surface area contributed by atoms with Crippen LogP contribution in [0.15, 0.2) is 47.4 Å². The molecular weight excluding hydrogens is 371 g/mol. The zero-order chi connectivity index (χ0) is 18.4. The van der Waals surface area contributed by atoms with E-state index in [9.17, 15) is 17.6 Å². The van der Waals surface area contributed by atoms with Gasteiger partial charge in [-0.15, -0.1) is 0 Å². The van der Waals surface area contributed by atoms with Gasteiger partial charge in [-0.05, 0) is 43.4 Å². The molecule has 0 fully saturated rings. The lowest BCUT2D eigenvalue weighted by molar-refractivity contribution is 0.0942. The number of rotatable bonds is 7. The van der Waals surface area contributed by atoms with Crippen LogP contribution in [0.5, 0.6) is 5.75 Å². The molecule has 1 amide bonds. The number of hydrogen-bond acceptors (Lipinski definition) is 4. The predicted molar refractivity (Wildman–Crippen MR) is 91.9 cm³/mol. The van der Waals surface area contributed by atoms with Crippen LogP contribution >= 0.6 is 11.6 Å². The minimum atomic E-state index is -3.77. The van der Waals surface area contributed by atoms with Gasteiger partial charge >= 0.3 is 0 Å². The zero-order valence-electron chi connectivity index (χ0n) is 13.3. The van der Waals surface area contributed by atoms with E-state index < -0.39 is 21.7 Å². The molecule has 2 rings (SSSR count). The molecule has 25 heavy (non-hydrogen) atoms. The Morgan fingerprint density at radius 2 is 2.00 bits per heavy atom. The third-order valence-corrected chi connectivity index (χ3v) is 4.86. The van der Waals surface area contributed by atoms with Gasteiger partial charge in [-0.3, -0.25) is 4.79 Å². The minimum absolute atomic E-state index is 0.105. The van der Waals surface area contributed by atoms with Crippen LogP contribution in [0.2, 0.25) is 5.02 Å². The van der Waals surface area contributed by atoms with Gasteiger partial charge in [0.25, 0.3) is 5.91 Å². The molecule has 0 heterocycles. The first-order valence-corrected chi connectivity index (χ1v) is 9.09. The number of ether oxygens (including phenoxy) is 1. The van der Waals surface area contributed by atoms with Crippen LogP contribution in [0, 0.1) is 5.82 Å². The Hall–Kier alpha value is -2.16. The van der Waals surface area contributed by atoms with Crippen LogP contribution in [0.25, 0.3) is 0 Å².